The molecule has 0 saturated carbocycles. The zero-order valence-corrected chi connectivity index (χ0v) is 10.8. The van der Waals surface area contributed by atoms with E-state index < -0.39 is 0 Å². The molecule has 0 unspecified atom stereocenters. The fourth-order valence-corrected chi connectivity index (χ4v) is 2.01. The molecule has 1 aromatic carbocycles. The Morgan fingerprint density at radius 3 is 2.88 bits per heavy atom. The predicted molar refractivity (Wildman–Crippen MR) is 72.6 cm³/mol. The summed E-state index contributed by atoms with van der Waals surface area (Å²) in [5, 5.41) is 3.70. The number of benzene rings is 1. The first-order valence-electron chi connectivity index (χ1n) is 4.57. The van der Waals surface area contributed by atoms with E-state index in [0.29, 0.717) is 21.5 Å². The van der Waals surface area contributed by atoms with Crippen LogP contribution in [0.25, 0.3) is 0 Å². The maximum atomic E-state index is 11.5. The molecule has 1 aromatic rings. The van der Waals surface area contributed by atoms with Crippen LogP contribution in [0, 0.1) is 0 Å². The van der Waals surface area contributed by atoms with Gasteiger partial charge in [0.2, 0.25) is 5.91 Å². The summed E-state index contributed by atoms with van der Waals surface area (Å²) in [4.78, 5) is 11.5. The molecule has 2 nitrogen and oxygen atoms in total. The summed E-state index contributed by atoms with van der Waals surface area (Å²) in [6.07, 6.45) is 1.76. The van der Waals surface area contributed by atoms with Crippen LogP contribution in [-0.4, -0.2) is 17.4 Å². The highest BCUT2D eigenvalue weighted by atomic mass is 35.5. The lowest BCUT2D eigenvalue weighted by molar-refractivity contribution is -0.113. The standard InChI is InChI=1S/C11H11Cl2NOS/c1-2-5-16-7-11(15)14-10-4-3-8(12)6-9(10)13/h2-4,6H,1,5,7H2,(H,14,15). The van der Waals surface area contributed by atoms with Crippen LogP contribution in [0.1, 0.15) is 0 Å². The summed E-state index contributed by atoms with van der Waals surface area (Å²) in [5.41, 5.74) is 0.579. The average Bonchev–Trinajstić information content (AvgIpc) is 2.23. The van der Waals surface area contributed by atoms with Crippen LogP contribution in [0.4, 0.5) is 5.69 Å². The van der Waals surface area contributed by atoms with Gasteiger partial charge in [0.25, 0.3) is 0 Å². The van der Waals surface area contributed by atoms with Gasteiger partial charge in [0.05, 0.1) is 16.5 Å². The molecule has 16 heavy (non-hydrogen) atoms. The maximum absolute atomic E-state index is 11.5. The second kappa shape index (κ2) is 6.84. The largest absolute Gasteiger partial charge is 0.324 e. The minimum Gasteiger partial charge on any atom is -0.324 e. The Balaban J connectivity index is 2.52. The number of hydrogen-bond donors (Lipinski definition) is 1. The number of rotatable bonds is 5. The van der Waals surface area contributed by atoms with Crippen molar-refractivity contribution in [3.63, 3.8) is 0 Å². The Morgan fingerprint density at radius 2 is 2.25 bits per heavy atom. The van der Waals surface area contributed by atoms with E-state index in [4.69, 9.17) is 23.2 Å². The van der Waals surface area contributed by atoms with Crippen LogP contribution < -0.4 is 5.32 Å². The Labute approximate surface area is 109 Å². The third-order valence-electron chi connectivity index (χ3n) is 1.67. The summed E-state index contributed by atoms with van der Waals surface area (Å²) in [7, 11) is 0. The number of hydrogen-bond acceptors (Lipinski definition) is 2. The SMILES string of the molecule is C=CCSCC(=O)Nc1ccc(Cl)cc1Cl. The number of halogens is 2. The minimum atomic E-state index is -0.0870. The van der Waals surface area contributed by atoms with Crippen molar-refractivity contribution in [2.24, 2.45) is 0 Å². The van der Waals surface area contributed by atoms with Gasteiger partial charge in [-0.3, -0.25) is 4.79 Å². The van der Waals surface area contributed by atoms with Crippen LogP contribution in [0.5, 0.6) is 0 Å². The smallest absolute Gasteiger partial charge is 0.234 e. The molecule has 5 heteroatoms. The average molecular weight is 276 g/mol. The Morgan fingerprint density at radius 1 is 1.50 bits per heavy atom. The quantitative estimate of drug-likeness (QED) is 0.653. The second-order valence-corrected chi connectivity index (χ2v) is 4.85. The maximum Gasteiger partial charge on any atom is 0.234 e. The molecule has 1 rings (SSSR count). The van der Waals surface area contributed by atoms with E-state index in [1.54, 1.807) is 24.3 Å². The van der Waals surface area contributed by atoms with E-state index in [-0.39, 0.29) is 5.91 Å². The highest BCUT2D eigenvalue weighted by Crippen LogP contribution is 2.25. The summed E-state index contributed by atoms with van der Waals surface area (Å²) in [5.74, 6) is 1.04. The van der Waals surface area contributed by atoms with Gasteiger partial charge in [-0.2, -0.15) is 0 Å². The van der Waals surface area contributed by atoms with Gasteiger partial charge >= 0.3 is 0 Å². The van der Waals surface area contributed by atoms with E-state index in [0.717, 1.165) is 5.75 Å². The topological polar surface area (TPSA) is 29.1 Å². The number of carbonyl (C=O) groups excluding carboxylic acids is 1. The van der Waals surface area contributed by atoms with E-state index in [2.05, 4.69) is 11.9 Å². The first kappa shape index (κ1) is 13.4. The van der Waals surface area contributed by atoms with Gasteiger partial charge in [-0.15, -0.1) is 18.3 Å². The van der Waals surface area contributed by atoms with Crippen LogP contribution in [0.2, 0.25) is 10.0 Å². The van der Waals surface area contributed by atoms with Crippen LogP contribution >= 0.6 is 35.0 Å². The van der Waals surface area contributed by atoms with Crippen molar-refractivity contribution in [2.75, 3.05) is 16.8 Å². The molecule has 0 aromatic heterocycles. The van der Waals surface area contributed by atoms with Crippen molar-refractivity contribution in [1.82, 2.24) is 0 Å². The number of carbonyl (C=O) groups is 1. The monoisotopic (exact) mass is 275 g/mol. The zero-order chi connectivity index (χ0) is 12.0. The zero-order valence-electron chi connectivity index (χ0n) is 8.50. The predicted octanol–water partition coefficient (Wildman–Crippen LogP) is 3.85. The molecule has 0 aliphatic rings. The van der Waals surface area contributed by atoms with Crippen molar-refractivity contribution in [3.8, 4) is 0 Å². The van der Waals surface area contributed by atoms with Gasteiger partial charge < -0.3 is 5.32 Å². The molecule has 1 amide bonds. The summed E-state index contributed by atoms with van der Waals surface area (Å²) in [6, 6.07) is 4.95. The van der Waals surface area contributed by atoms with Crippen molar-refractivity contribution in [2.45, 2.75) is 0 Å². The van der Waals surface area contributed by atoms with Crippen LogP contribution in [-0.2, 0) is 4.79 Å². The van der Waals surface area contributed by atoms with Crippen LogP contribution in [0.3, 0.4) is 0 Å². The Kier molecular flexibility index (Phi) is 5.74. The fourth-order valence-electron chi connectivity index (χ4n) is 1.01. The molecule has 0 saturated heterocycles. The first-order valence-corrected chi connectivity index (χ1v) is 6.48. The van der Waals surface area contributed by atoms with Crippen molar-refractivity contribution >= 4 is 46.6 Å². The molecule has 86 valence electrons. The van der Waals surface area contributed by atoms with E-state index in [1.165, 1.54) is 11.8 Å². The van der Waals surface area contributed by atoms with Gasteiger partial charge in [0, 0.05) is 10.8 Å². The fraction of sp³-hybridized carbons (Fsp3) is 0.182. The summed E-state index contributed by atoms with van der Waals surface area (Å²) in [6.45, 7) is 3.58. The van der Waals surface area contributed by atoms with Gasteiger partial charge in [-0.25, -0.2) is 0 Å². The Bertz CT molecular complexity index is 396. The molecular weight excluding hydrogens is 265 g/mol. The number of nitrogens with one attached hydrogen (secondary N) is 1. The van der Waals surface area contributed by atoms with Gasteiger partial charge in [0.15, 0.2) is 0 Å². The van der Waals surface area contributed by atoms with Crippen molar-refractivity contribution < 1.29 is 4.79 Å². The molecule has 0 aliphatic heterocycles. The lowest BCUT2D eigenvalue weighted by atomic mass is 10.3. The summed E-state index contributed by atoms with van der Waals surface area (Å²) < 4.78 is 0. The van der Waals surface area contributed by atoms with Gasteiger partial charge in [0.1, 0.15) is 0 Å². The number of anilines is 1. The molecule has 0 bridgehead atoms. The third kappa shape index (κ3) is 4.47. The van der Waals surface area contributed by atoms with Gasteiger partial charge in [-0.1, -0.05) is 29.3 Å². The molecule has 0 radical (unpaired) electrons. The summed E-state index contributed by atoms with van der Waals surface area (Å²) >= 11 is 13.1. The molecule has 0 spiro atoms. The molecule has 1 N–H and O–H groups in total. The second-order valence-electron chi connectivity index (χ2n) is 2.98. The molecule has 0 aliphatic carbocycles. The van der Waals surface area contributed by atoms with E-state index in [9.17, 15) is 4.79 Å². The lowest BCUT2D eigenvalue weighted by Crippen LogP contribution is -2.14. The van der Waals surface area contributed by atoms with Crippen molar-refractivity contribution in [1.29, 1.82) is 0 Å². The lowest BCUT2D eigenvalue weighted by Gasteiger charge is -2.06. The number of thioether (sulfide) groups is 1. The Hall–Kier alpha value is -0.640. The first-order chi connectivity index (χ1) is 7.63. The minimum absolute atomic E-state index is 0.0870. The van der Waals surface area contributed by atoms with Crippen molar-refractivity contribution in [3.05, 3.63) is 40.9 Å². The van der Waals surface area contributed by atoms with E-state index in [1.807, 2.05) is 0 Å². The molecular formula is C11H11Cl2NOS. The normalized spacial score (nSPS) is 9.88. The van der Waals surface area contributed by atoms with E-state index >= 15 is 0 Å². The third-order valence-corrected chi connectivity index (χ3v) is 3.16. The highest BCUT2D eigenvalue weighted by Gasteiger charge is 2.05. The number of amides is 1. The van der Waals surface area contributed by atoms with Crippen LogP contribution in [0.15, 0.2) is 30.9 Å². The molecule has 0 heterocycles. The van der Waals surface area contributed by atoms with Gasteiger partial charge in [-0.05, 0) is 18.2 Å². The molecule has 0 atom stereocenters. The molecule has 0 fully saturated rings. The highest BCUT2D eigenvalue weighted by molar-refractivity contribution is 8.00.